The highest BCUT2D eigenvalue weighted by Crippen LogP contribution is 2.29. The third-order valence-electron chi connectivity index (χ3n) is 4.59. The van der Waals surface area contributed by atoms with Gasteiger partial charge in [-0.05, 0) is 74.5 Å². The zero-order valence-electron chi connectivity index (χ0n) is 17.8. The summed E-state index contributed by atoms with van der Waals surface area (Å²) in [5, 5.41) is 9.37. The maximum Gasteiger partial charge on any atom is 0.338 e. The van der Waals surface area contributed by atoms with Crippen LogP contribution in [0.15, 0.2) is 72.8 Å². The van der Waals surface area contributed by atoms with Crippen molar-refractivity contribution < 1.29 is 19.1 Å². The average Bonchev–Trinajstić information content (AvgIpc) is 2.80. The number of esters is 2. The predicted octanol–water partition coefficient (Wildman–Crippen LogP) is 5.86. The molecule has 3 aromatic carbocycles. The van der Waals surface area contributed by atoms with E-state index in [4.69, 9.17) is 26.5 Å². The van der Waals surface area contributed by atoms with Crippen molar-refractivity contribution in [1.82, 2.24) is 0 Å². The lowest BCUT2D eigenvalue weighted by atomic mass is 10.1. The van der Waals surface area contributed by atoms with Crippen molar-refractivity contribution in [3.8, 4) is 0 Å². The van der Waals surface area contributed by atoms with E-state index >= 15 is 0 Å². The summed E-state index contributed by atoms with van der Waals surface area (Å²) in [4.78, 5) is 25.7. The zero-order valence-corrected chi connectivity index (χ0v) is 18.6. The van der Waals surface area contributed by atoms with Crippen molar-refractivity contribution >= 4 is 40.7 Å². The van der Waals surface area contributed by atoms with Crippen LogP contribution in [0.4, 0.5) is 11.4 Å². The van der Waals surface area contributed by atoms with E-state index in [1.54, 1.807) is 91.5 Å². The molecule has 0 atom stereocenters. The van der Waals surface area contributed by atoms with Crippen LogP contribution in [0.2, 0.25) is 5.02 Å². The Balaban J connectivity index is 2.01. The summed E-state index contributed by atoms with van der Waals surface area (Å²) in [5.41, 5.74) is 2.77. The maximum atomic E-state index is 12.0. The van der Waals surface area contributed by atoms with Gasteiger partial charge < -0.3 is 9.47 Å². The smallest absolute Gasteiger partial charge is 0.338 e. The molecule has 0 radical (unpaired) electrons. The van der Waals surface area contributed by atoms with E-state index in [9.17, 15) is 9.59 Å². The summed E-state index contributed by atoms with van der Waals surface area (Å²) >= 11 is 6.14. The number of rotatable bonds is 7. The minimum absolute atomic E-state index is 0.181. The predicted molar refractivity (Wildman–Crippen MR) is 125 cm³/mol. The van der Waals surface area contributed by atoms with Gasteiger partial charge in [0.2, 0.25) is 0 Å². The van der Waals surface area contributed by atoms with Crippen molar-refractivity contribution in [2.45, 2.75) is 13.8 Å². The molecule has 32 heavy (non-hydrogen) atoms. The summed E-state index contributed by atoms with van der Waals surface area (Å²) in [6.45, 7) is 4.08. The molecule has 0 bridgehead atoms. The highest BCUT2D eigenvalue weighted by Gasteiger charge is 2.19. The Labute approximate surface area is 191 Å². The number of hydrogen-bond acceptors (Lipinski definition) is 5. The number of anilines is 2. The van der Waals surface area contributed by atoms with Crippen LogP contribution in [-0.4, -0.2) is 31.0 Å². The molecular formula is C25H23ClN2O4. The van der Waals surface area contributed by atoms with Crippen molar-refractivity contribution in [3.05, 3.63) is 94.5 Å². The van der Waals surface area contributed by atoms with Gasteiger partial charge in [0.15, 0.2) is 0 Å². The van der Waals surface area contributed by atoms with Crippen LogP contribution < -0.4 is 4.90 Å². The number of carbonyl (C=O) groups excluding carboxylic acids is 2. The monoisotopic (exact) mass is 450 g/mol. The summed E-state index contributed by atoms with van der Waals surface area (Å²) in [5.74, 6) is -0.635. The van der Waals surface area contributed by atoms with Gasteiger partial charge in [0.05, 0.1) is 24.3 Å². The van der Waals surface area contributed by atoms with Crippen LogP contribution in [0.1, 0.15) is 40.1 Å². The molecule has 0 heterocycles. The highest BCUT2D eigenvalue weighted by atomic mass is 35.5. The Morgan fingerprint density at radius 1 is 0.781 bits per heavy atom. The lowest BCUT2D eigenvalue weighted by Crippen LogP contribution is -2.26. The number of nitrogens with one attached hydrogen (secondary N) is 1. The zero-order chi connectivity index (χ0) is 23.1. The first kappa shape index (κ1) is 23.0. The fourth-order valence-corrected chi connectivity index (χ4v) is 3.28. The molecule has 0 aliphatic rings. The molecule has 0 aromatic heterocycles. The van der Waals surface area contributed by atoms with Crippen molar-refractivity contribution in [2.24, 2.45) is 0 Å². The quantitative estimate of drug-likeness (QED) is 0.277. The molecule has 0 aliphatic carbocycles. The van der Waals surface area contributed by atoms with Crippen LogP contribution in [0.25, 0.3) is 0 Å². The Kier molecular flexibility index (Phi) is 7.63. The Morgan fingerprint density at radius 3 is 1.66 bits per heavy atom. The second kappa shape index (κ2) is 10.6. The molecule has 3 aromatic rings. The van der Waals surface area contributed by atoms with Gasteiger partial charge >= 0.3 is 11.9 Å². The third kappa shape index (κ3) is 5.34. The van der Waals surface area contributed by atoms with Gasteiger partial charge in [-0.1, -0.05) is 23.7 Å². The van der Waals surface area contributed by atoms with Crippen LogP contribution in [-0.2, 0) is 9.47 Å². The molecule has 164 valence electrons. The number of halogens is 1. The van der Waals surface area contributed by atoms with E-state index in [-0.39, 0.29) is 5.84 Å². The first-order chi connectivity index (χ1) is 15.4. The standard InChI is InChI=1S/C25H23ClN2O4/c1-3-31-24(29)17-8-12-21(13-9-17)28(23(27)19-6-5-7-20(26)16-19)22-14-10-18(11-15-22)25(30)32-4-2/h5-16,27H,3-4H2,1-2H3. The highest BCUT2D eigenvalue weighted by molar-refractivity contribution is 6.31. The lowest BCUT2D eigenvalue weighted by Gasteiger charge is -2.26. The number of ether oxygens (including phenoxy) is 2. The normalized spacial score (nSPS) is 10.3. The molecule has 0 saturated heterocycles. The van der Waals surface area contributed by atoms with Crippen molar-refractivity contribution in [2.75, 3.05) is 18.1 Å². The molecule has 7 heteroatoms. The van der Waals surface area contributed by atoms with Crippen LogP contribution in [0.5, 0.6) is 0 Å². The Morgan fingerprint density at radius 2 is 1.25 bits per heavy atom. The van der Waals surface area contributed by atoms with Gasteiger partial charge in [-0.2, -0.15) is 0 Å². The first-order valence-electron chi connectivity index (χ1n) is 10.1. The molecule has 0 spiro atoms. The fraction of sp³-hybridized carbons (Fsp3) is 0.160. The van der Waals surface area contributed by atoms with Gasteiger partial charge in [-0.25, -0.2) is 9.59 Å². The molecule has 0 unspecified atom stereocenters. The van der Waals surface area contributed by atoms with Crippen LogP contribution in [0.3, 0.4) is 0 Å². The summed E-state index contributed by atoms with van der Waals surface area (Å²) in [6.07, 6.45) is 0. The number of amidine groups is 1. The van der Waals surface area contributed by atoms with E-state index in [1.165, 1.54) is 0 Å². The van der Waals surface area contributed by atoms with Crippen molar-refractivity contribution in [1.29, 1.82) is 5.41 Å². The van der Waals surface area contributed by atoms with Crippen LogP contribution >= 0.6 is 11.6 Å². The van der Waals surface area contributed by atoms with Crippen LogP contribution in [0, 0.1) is 5.41 Å². The Hall–Kier alpha value is -3.64. The summed E-state index contributed by atoms with van der Waals surface area (Å²) < 4.78 is 10.1. The molecule has 1 N–H and O–H groups in total. The second-order valence-corrected chi connectivity index (χ2v) is 7.17. The molecule has 0 aliphatic heterocycles. The van der Waals surface area contributed by atoms with Gasteiger partial charge in [0.25, 0.3) is 0 Å². The number of nitrogens with zero attached hydrogens (tertiary/aromatic N) is 1. The third-order valence-corrected chi connectivity index (χ3v) is 4.83. The lowest BCUT2D eigenvalue weighted by molar-refractivity contribution is 0.0517. The number of benzene rings is 3. The molecular weight excluding hydrogens is 428 g/mol. The topological polar surface area (TPSA) is 79.7 Å². The maximum absolute atomic E-state index is 12.0. The van der Waals surface area contributed by atoms with E-state index < -0.39 is 11.9 Å². The van der Waals surface area contributed by atoms with Gasteiger partial charge in [0.1, 0.15) is 5.84 Å². The van der Waals surface area contributed by atoms with Gasteiger partial charge in [0, 0.05) is 22.0 Å². The molecule has 0 amide bonds. The van der Waals surface area contributed by atoms with E-state index in [1.807, 2.05) is 0 Å². The van der Waals surface area contributed by atoms with E-state index in [2.05, 4.69) is 0 Å². The number of hydrogen-bond donors (Lipinski definition) is 1. The number of carbonyl (C=O) groups is 2. The van der Waals surface area contributed by atoms with Gasteiger partial charge in [-0.3, -0.25) is 10.3 Å². The average molecular weight is 451 g/mol. The van der Waals surface area contributed by atoms with E-state index in [0.717, 1.165) is 0 Å². The second-order valence-electron chi connectivity index (χ2n) is 6.73. The van der Waals surface area contributed by atoms with E-state index in [0.29, 0.717) is 46.3 Å². The van der Waals surface area contributed by atoms with Crippen molar-refractivity contribution in [3.63, 3.8) is 0 Å². The SMILES string of the molecule is CCOC(=O)c1ccc(N(C(=N)c2cccc(Cl)c2)c2ccc(C(=O)OCC)cc2)cc1. The minimum atomic E-state index is -0.408. The fourth-order valence-electron chi connectivity index (χ4n) is 3.09. The summed E-state index contributed by atoms with van der Waals surface area (Å²) in [6, 6.07) is 20.6. The first-order valence-corrected chi connectivity index (χ1v) is 10.5. The molecule has 6 nitrogen and oxygen atoms in total. The molecule has 0 saturated carbocycles. The molecule has 3 rings (SSSR count). The molecule has 0 fully saturated rings. The largest absolute Gasteiger partial charge is 0.462 e. The van der Waals surface area contributed by atoms with Gasteiger partial charge in [-0.15, -0.1) is 0 Å². The summed E-state index contributed by atoms with van der Waals surface area (Å²) in [7, 11) is 0. The minimum Gasteiger partial charge on any atom is -0.462 e. The Bertz CT molecular complexity index is 1050.